The maximum atomic E-state index is 10.4. The summed E-state index contributed by atoms with van der Waals surface area (Å²) in [4.78, 5) is 10.4. The van der Waals surface area contributed by atoms with Crippen LogP contribution in [-0.4, -0.2) is 22.0 Å². The van der Waals surface area contributed by atoms with Crippen molar-refractivity contribution in [3.05, 3.63) is 0 Å². The van der Waals surface area contributed by atoms with Crippen LogP contribution < -0.4 is 56.5 Å². The Bertz CT molecular complexity index is 270. The van der Waals surface area contributed by atoms with Crippen LogP contribution in [0.4, 0.5) is 0 Å². The smallest absolute Gasteiger partial charge is 0.544 e. The number of hydrogen-bond acceptors (Lipinski definition) is 4. The quantitative estimate of drug-likeness (QED) is 0.237. The Hall–Kier alpha value is 1.03. The van der Waals surface area contributed by atoms with E-state index in [-0.39, 0.29) is 57.8 Å². The molecular weight excluding hydrogens is 319 g/mol. The van der Waals surface area contributed by atoms with Gasteiger partial charge in [-0.1, -0.05) is 90.4 Å². The number of hydrogen-bond donors (Lipinski definition) is 2. The fraction of sp³-hybridized carbons (Fsp3) is 0.944. The third-order valence-corrected chi connectivity index (χ3v) is 4.21. The van der Waals surface area contributed by atoms with Crippen molar-refractivity contribution in [1.82, 2.24) is 0 Å². The molecule has 0 atom stereocenters. The predicted molar refractivity (Wildman–Crippen MR) is 87.1 cm³/mol. The van der Waals surface area contributed by atoms with Crippen molar-refractivity contribution in [1.29, 1.82) is 0 Å². The molecule has 0 saturated carbocycles. The van der Waals surface area contributed by atoms with Crippen LogP contribution in [0.15, 0.2) is 0 Å². The standard InChI is InChI=1S/C18H36O4.K/c1-2-3-4-5-6-7-8-9-10-11-12-13-14-15-16-18(21,22)17(19)20;/h21-22H,2-16H2,1H3,(H,19,20);/q;+1/p-1. The topological polar surface area (TPSA) is 80.6 Å². The van der Waals surface area contributed by atoms with Crippen LogP contribution in [0.5, 0.6) is 0 Å². The molecule has 0 amide bonds. The Kier molecular flexibility index (Phi) is 20.4. The number of carbonyl (C=O) groups is 1. The SMILES string of the molecule is CCCCCCCCCCCCCCCCC(O)(O)C(=O)[O-].[K+]. The van der Waals surface area contributed by atoms with Crippen LogP contribution in [0.25, 0.3) is 0 Å². The Morgan fingerprint density at radius 1 is 0.739 bits per heavy atom. The maximum Gasteiger partial charge on any atom is 1.00 e. The number of unbranched alkanes of at least 4 members (excludes halogenated alkanes) is 13. The van der Waals surface area contributed by atoms with Crippen molar-refractivity contribution in [2.45, 2.75) is 109 Å². The van der Waals surface area contributed by atoms with Gasteiger partial charge in [-0.05, 0) is 6.42 Å². The summed E-state index contributed by atoms with van der Waals surface area (Å²) in [6.45, 7) is 2.24. The second-order valence-electron chi connectivity index (χ2n) is 6.45. The molecule has 0 saturated heterocycles. The van der Waals surface area contributed by atoms with Crippen LogP contribution >= 0.6 is 0 Å². The average Bonchev–Trinajstić information content (AvgIpc) is 2.47. The van der Waals surface area contributed by atoms with E-state index in [4.69, 9.17) is 10.2 Å². The number of carbonyl (C=O) groups excluding carboxylic acids is 1. The van der Waals surface area contributed by atoms with Crippen LogP contribution in [0.3, 0.4) is 0 Å². The van der Waals surface area contributed by atoms with Gasteiger partial charge in [0.15, 0.2) is 0 Å². The molecule has 23 heavy (non-hydrogen) atoms. The molecule has 0 aromatic heterocycles. The molecule has 0 fully saturated rings. The molecule has 0 bridgehead atoms. The third kappa shape index (κ3) is 17.6. The van der Waals surface area contributed by atoms with Crippen LogP contribution in [0.1, 0.15) is 103 Å². The molecule has 0 radical (unpaired) electrons. The number of aliphatic carboxylic acids is 1. The first-order valence-electron chi connectivity index (χ1n) is 9.17. The molecule has 0 spiro atoms. The van der Waals surface area contributed by atoms with Gasteiger partial charge in [-0.15, -0.1) is 0 Å². The van der Waals surface area contributed by atoms with E-state index >= 15 is 0 Å². The van der Waals surface area contributed by atoms with E-state index in [0.717, 1.165) is 19.3 Å². The first-order valence-corrected chi connectivity index (χ1v) is 9.17. The first-order chi connectivity index (χ1) is 10.5. The normalized spacial score (nSPS) is 11.3. The number of carboxylic acid groups (broad SMARTS) is 1. The number of aliphatic hydroxyl groups is 2. The average molecular weight is 355 g/mol. The largest absolute Gasteiger partial charge is 1.00 e. The van der Waals surface area contributed by atoms with Crippen molar-refractivity contribution in [3.8, 4) is 0 Å². The fourth-order valence-corrected chi connectivity index (χ4v) is 2.67. The van der Waals surface area contributed by atoms with Gasteiger partial charge in [0.1, 0.15) is 5.97 Å². The van der Waals surface area contributed by atoms with Gasteiger partial charge in [0.25, 0.3) is 0 Å². The van der Waals surface area contributed by atoms with Gasteiger partial charge in [-0.3, -0.25) is 0 Å². The van der Waals surface area contributed by atoms with E-state index in [0.29, 0.717) is 6.42 Å². The molecule has 4 nitrogen and oxygen atoms in total. The van der Waals surface area contributed by atoms with Crippen molar-refractivity contribution in [3.63, 3.8) is 0 Å². The van der Waals surface area contributed by atoms with Crippen LogP contribution in [0, 0.1) is 0 Å². The van der Waals surface area contributed by atoms with Gasteiger partial charge in [0.05, 0.1) is 0 Å². The van der Waals surface area contributed by atoms with Crippen molar-refractivity contribution < 1.29 is 71.5 Å². The summed E-state index contributed by atoms with van der Waals surface area (Å²) in [5.74, 6) is -4.46. The van der Waals surface area contributed by atoms with E-state index in [2.05, 4.69) is 6.92 Å². The Morgan fingerprint density at radius 3 is 1.35 bits per heavy atom. The zero-order valence-electron chi connectivity index (χ0n) is 15.3. The molecule has 0 aromatic rings. The molecule has 0 aliphatic heterocycles. The van der Waals surface area contributed by atoms with Gasteiger partial charge in [-0.2, -0.15) is 0 Å². The Morgan fingerprint density at radius 2 is 1.04 bits per heavy atom. The second kappa shape index (κ2) is 17.8. The molecule has 0 unspecified atom stereocenters. The molecular formula is C18H35KO4. The fourth-order valence-electron chi connectivity index (χ4n) is 2.67. The van der Waals surface area contributed by atoms with Gasteiger partial charge in [0.2, 0.25) is 5.79 Å². The first kappa shape index (κ1) is 26.3. The van der Waals surface area contributed by atoms with Crippen molar-refractivity contribution in [2.75, 3.05) is 0 Å². The summed E-state index contributed by atoms with van der Waals surface area (Å²) in [7, 11) is 0. The summed E-state index contributed by atoms with van der Waals surface area (Å²) >= 11 is 0. The molecule has 5 heteroatoms. The summed E-state index contributed by atoms with van der Waals surface area (Å²) in [5.41, 5.74) is 0. The monoisotopic (exact) mass is 354 g/mol. The third-order valence-electron chi connectivity index (χ3n) is 4.21. The summed E-state index contributed by atoms with van der Waals surface area (Å²) in [5, 5.41) is 28.5. The molecule has 0 heterocycles. The minimum Gasteiger partial charge on any atom is -0.544 e. The zero-order valence-corrected chi connectivity index (χ0v) is 18.4. The maximum absolute atomic E-state index is 10.4. The Balaban J connectivity index is 0. The second-order valence-corrected chi connectivity index (χ2v) is 6.45. The number of carboxylic acids is 1. The minimum atomic E-state index is -2.66. The van der Waals surface area contributed by atoms with Crippen molar-refractivity contribution >= 4 is 5.97 Å². The van der Waals surface area contributed by atoms with Gasteiger partial charge < -0.3 is 20.1 Å². The van der Waals surface area contributed by atoms with E-state index < -0.39 is 11.8 Å². The van der Waals surface area contributed by atoms with Crippen molar-refractivity contribution in [2.24, 2.45) is 0 Å². The molecule has 132 valence electrons. The Labute approximate surface area is 184 Å². The van der Waals surface area contributed by atoms with E-state index in [1.165, 1.54) is 64.2 Å². The van der Waals surface area contributed by atoms with Gasteiger partial charge >= 0.3 is 51.4 Å². The zero-order chi connectivity index (χ0) is 16.7. The summed E-state index contributed by atoms with van der Waals surface area (Å²) in [6.07, 6.45) is 16.7. The van der Waals surface area contributed by atoms with Crippen LogP contribution in [-0.2, 0) is 4.79 Å². The molecule has 0 aliphatic rings. The molecule has 0 aromatic carbocycles. The number of rotatable bonds is 16. The molecule has 2 N–H and O–H groups in total. The van der Waals surface area contributed by atoms with Gasteiger partial charge in [0, 0.05) is 6.42 Å². The molecule has 0 aliphatic carbocycles. The summed E-state index contributed by atoms with van der Waals surface area (Å²) < 4.78 is 0. The van der Waals surface area contributed by atoms with E-state index in [9.17, 15) is 9.90 Å². The van der Waals surface area contributed by atoms with Gasteiger partial charge in [-0.25, -0.2) is 0 Å². The summed E-state index contributed by atoms with van der Waals surface area (Å²) in [6, 6.07) is 0. The van der Waals surface area contributed by atoms with Crippen LogP contribution in [0.2, 0.25) is 0 Å². The van der Waals surface area contributed by atoms with E-state index in [1.54, 1.807) is 0 Å². The predicted octanol–water partition coefficient (Wildman–Crippen LogP) is 0.293. The van der Waals surface area contributed by atoms with E-state index in [1.807, 2.05) is 0 Å². The minimum absolute atomic E-state index is 0. The molecule has 0 rings (SSSR count).